The first-order chi connectivity index (χ1) is 16.7. The first kappa shape index (κ1) is 30.2. The van der Waals surface area contributed by atoms with Crippen molar-refractivity contribution in [2.24, 2.45) is 0 Å². The smallest absolute Gasteiger partial charge is 0.101 e. The molecular weight excluding hydrogens is 412 g/mol. The van der Waals surface area contributed by atoms with Gasteiger partial charge in [-0.25, -0.2) is 0 Å². The van der Waals surface area contributed by atoms with E-state index in [2.05, 4.69) is 39.8 Å². The van der Waals surface area contributed by atoms with E-state index in [1.54, 1.807) is 0 Å². The van der Waals surface area contributed by atoms with Gasteiger partial charge in [-0.3, -0.25) is 0 Å². The summed E-state index contributed by atoms with van der Waals surface area (Å²) >= 11 is 0. The molecule has 0 aliphatic rings. The van der Waals surface area contributed by atoms with Crippen LogP contribution < -0.4 is 0 Å². The van der Waals surface area contributed by atoms with Gasteiger partial charge < -0.3 is 0 Å². The molecule has 0 radical (unpaired) electrons. The zero-order valence-corrected chi connectivity index (χ0v) is 23.0. The maximum absolute atomic E-state index is 10.2. The number of benzene rings is 1. The molecule has 0 amide bonds. The summed E-state index contributed by atoms with van der Waals surface area (Å²) in [6.07, 6.45) is 23.6. The Balaban J connectivity index is 3.50. The third kappa shape index (κ3) is 10.2. The lowest BCUT2D eigenvalue weighted by atomic mass is 9.80. The van der Waals surface area contributed by atoms with E-state index in [1.165, 1.54) is 112 Å². The molecule has 34 heavy (non-hydrogen) atoms. The lowest BCUT2D eigenvalue weighted by Crippen LogP contribution is -2.12. The van der Waals surface area contributed by atoms with Gasteiger partial charge in [0.1, 0.15) is 12.1 Å². The second-order valence-corrected chi connectivity index (χ2v) is 10.1. The molecular formula is C32H52N2. The van der Waals surface area contributed by atoms with E-state index >= 15 is 0 Å². The van der Waals surface area contributed by atoms with Gasteiger partial charge >= 0.3 is 0 Å². The van der Waals surface area contributed by atoms with Crippen molar-refractivity contribution in [2.75, 3.05) is 0 Å². The van der Waals surface area contributed by atoms with Crippen molar-refractivity contribution in [3.63, 3.8) is 0 Å². The summed E-state index contributed by atoms with van der Waals surface area (Å²) in [5, 5.41) is 20.5. The van der Waals surface area contributed by atoms with Gasteiger partial charge in [-0.1, -0.05) is 105 Å². The Labute approximate surface area is 212 Å². The summed E-state index contributed by atoms with van der Waals surface area (Å²) in [4.78, 5) is 0. The van der Waals surface area contributed by atoms with Crippen molar-refractivity contribution < 1.29 is 0 Å². The van der Waals surface area contributed by atoms with Crippen molar-refractivity contribution in [3.05, 3.63) is 33.4 Å². The highest BCUT2D eigenvalue weighted by Gasteiger charge is 2.23. The van der Waals surface area contributed by atoms with Crippen molar-refractivity contribution in [2.45, 2.75) is 156 Å². The molecule has 0 unspecified atom stereocenters. The first-order valence-electron chi connectivity index (χ1n) is 14.7. The van der Waals surface area contributed by atoms with Crippen LogP contribution in [0.2, 0.25) is 0 Å². The zero-order valence-electron chi connectivity index (χ0n) is 23.0. The Morgan fingerprint density at radius 2 is 0.647 bits per heavy atom. The van der Waals surface area contributed by atoms with Crippen LogP contribution in [0.5, 0.6) is 0 Å². The molecule has 0 heterocycles. The average molecular weight is 465 g/mol. The van der Waals surface area contributed by atoms with Crippen molar-refractivity contribution >= 4 is 0 Å². The van der Waals surface area contributed by atoms with Crippen molar-refractivity contribution in [1.29, 1.82) is 10.5 Å². The van der Waals surface area contributed by atoms with E-state index in [-0.39, 0.29) is 0 Å². The summed E-state index contributed by atoms with van der Waals surface area (Å²) in [6, 6.07) is 5.04. The fourth-order valence-electron chi connectivity index (χ4n) is 5.28. The van der Waals surface area contributed by atoms with Crippen LogP contribution in [0.3, 0.4) is 0 Å². The molecule has 0 fully saturated rings. The molecule has 0 saturated heterocycles. The Morgan fingerprint density at radius 3 is 0.882 bits per heavy atom. The van der Waals surface area contributed by atoms with Crippen molar-refractivity contribution in [1.82, 2.24) is 0 Å². The highest BCUT2D eigenvalue weighted by molar-refractivity contribution is 5.61. The van der Waals surface area contributed by atoms with Crippen LogP contribution in [0.25, 0.3) is 0 Å². The minimum absolute atomic E-state index is 0.715. The SMILES string of the molecule is CCCCCCc1c(C#N)c(C#N)c(CCCCCC)c(CCCCCC)c1CCCCCC. The average Bonchev–Trinajstić information content (AvgIpc) is 2.85. The van der Waals surface area contributed by atoms with Crippen LogP contribution in [0.4, 0.5) is 0 Å². The number of rotatable bonds is 20. The number of unbranched alkanes of at least 4 members (excludes halogenated alkanes) is 12. The molecule has 2 heteroatoms. The molecule has 1 aromatic carbocycles. The second kappa shape index (κ2) is 19.5. The molecule has 0 aliphatic carbocycles. The van der Waals surface area contributed by atoms with E-state index in [1.807, 2.05) is 0 Å². The summed E-state index contributed by atoms with van der Waals surface area (Å²) < 4.78 is 0. The molecule has 0 bridgehead atoms. The van der Waals surface area contributed by atoms with E-state index in [4.69, 9.17) is 0 Å². The molecule has 1 aromatic rings. The Kier molecular flexibility index (Phi) is 17.3. The normalized spacial score (nSPS) is 10.9. The predicted octanol–water partition coefficient (Wildman–Crippen LogP) is 9.92. The van der Waals surface area contributed by atoms with Gasteiger partial charge in [-0.15, -0.1) is 0 Å². The largest absolute Gasteiger partial charge is 0.192 e. The highest BCUT2D eigenvalue weighted by atomic mass is 14.3. The minimum Gasteiger partial charge on any atom is -0.192 e. The second-order valence-electron chi connectivity index (χ2n) is 10.1. The Bertz CT molecular complexity index is 698. The van der Waals surface area contributed by atoms with Gasteiger partial charge in [0.2, 0.25) is 0 Å². The molecule has 2 nitrogen and oxygen atoms in total. The number of hydrogen-bond donors (Lipinski definition) is 0. The summed E-state index contributed by atoms with van der Waals surface area (Å²) in [5.41, 5.74) is 6.82. The van der Waals surface area contributed by atoms with Crippen molar-refractivity contribution in [3.8, 4) is 12.1 Å². The number of hydrogen-bond acceptors (Lipinski definition) is 2. The third-order valence-corrected chi connectivity index (χ3v) is 7.29. The topological polar surface area (TPSA) is 47.6 Å². The number of nitriles is 2. The minimum atomic E-state index is 0.715. The molecule has 0 aromatic heterocycles. The lowest BCUT2D eigenvalue weighted by Gasteiger charge is -2.23. The maximum atomic E-state index is 10.2. The number of nitrogens with zero attached hydrogens (tertiary/aromatic N) is 2. The van der Waals surface area contributed by atoms with E-state index < -0.39 is 0 Å². The molecule has 0 aliphatic heterocycles. The summed E-state index contributed by atoms with van der Waals surface area (Å²) in [7, 11) is 0. The monoisotopic (exact) mass is 464 g/mol. The van der Waals surface area contributed by atoms with Crippen LogP contribution in [-0.4, -0.2) is 0 Å². The molecule has 0 atom stereocenters. The Morgan fingerprint density at radius 1 is 0.382 bits per heavy atom. The lowest BCUT2D eigenvalue weighted by molar-refractivity contribution is 0.630. The van der Waals surface area contributed by atoms with E-state index in [0.29, 0.717) is 11.1 Å². The van der Waals surface area contributed by atoms with E-state index in [0.717, 1.165) is 38.5 Å². The quantitative estimate of drug-likeness (QED) is 0.180. The maximum Gasteiger partial charge on any atom is 0.101 e. The predicted molar refractivity (Wildman–Crippen MR) is 147 cm³/mol. The molecule has 0 spiro atoms. The zero-order chi connectivity index (χ0) is 25.0. The highest BCUT2D eigenvalue weighted by Crippen LogP contribution is 2.33. The van der Waals surface area contributed by atoms with Gasteiger partial charge in [-0.05, 0) is 73.6 Å². The summed E-state index contributed by atoms with van der Waals surface area (Å²) in [6.45, 7) is 9.02. The van der Waals surface area contributed by atoms with Gasteiger partial charge in [0.25, 0.3) is 0 Å². The van der Waals surface area contributed by atoms with Crippen LogP contribution >= 0.6 is 0 Å². The van der Waals surface area contributed by atoms with Crippen LogP contribution in [0.1, 0.15) is 164 Å². The van der Waals surface area contributed by atoms with Crippen LogP contribution in [-0.2, 0) is 25.7 Å². The first-order valence-corrected chi connectivity index (χ1v) is 14.7. The molecule has 190 valence electrons. The third-order valence-electron chi connectivity index (χ3n) is 7.29. The fraction of sp³-hybridized carbons (Fsp3) is 0.750. The van der Waals surface area contributed by atoms with Gasteiger partial charge in [-0.2, -0.15) is 10.5 Å². The van der Waals surface area contributed by atoms with Crippen LogP contribution in [0, 0.1) is 22.7 Å². The standard InChI is InChI=1S/C32H52N2/c1-5-9-13-17-21-27-28(22-18-14-10-6-2)30(24-20-16-12-8-4)32(26-34)31(25-33)29(27)23-19-15-11-7-3/h5-24H2,1-4H3. The van der Waals surface area contributed by atoms with Crippen LogP contribution in [0.15, 0.2) is 0 Å². The van der Waals surface area contributed by atoms with E-state index in [9.17, 15) is 10.5 Å². The molecule has 0 saturated carbocycles. The fourth-order valence-corrected chi connectivity index (χ4v) is 5.28. The van der Waals surface area contributed by atoms with Gasteiger partial charge in [0.05, 0.1) is 11.1 Å². The summed E-state index contributed by atoms with van der Waals surface area (Å²) in [5.74, 6) is 0. The van der Waals surface area contributed by atoms with Gasteiger partial charge in [0, 0.05) is 0 Å². The van der Waals surface area contributed by atoms with Gasteiger partial charge in [0.15, 0.2) is 0 Å². The molecule has 0 N–H and O–H groups in total. The Hall–Kier alpha value is -1.80. The molecule has 1 rings (SSSR count).